The molecular weight excluding hydrogens is 282 g/mol. The average Bonchev–Trinajstić information content (AvgIpc) is 2.86. The SMILES string of the molecule is [CH2]Cc1ccc(-n2c(CC)nc3c(C)cc(Cl)nc32)cc1. The Balaban J connectivity index is 2.28. The van der Waals surface area contributed by atoms with Crippen molar-refractivity contribution in [2.24, 2.45) is 0 Å². The Morgan fingerprint density at radius 3 is 2.52 bits per heavy atom. The van der Waals surface area contributed by atoms with Crippen molar-refractivity contribution >= 4 is 22.8 Å². The van der Waals surface area contributed by atoms with Crippen molar-refractivity contribution < 1.29 is 0 Å². The van der Waals surface area contributed by atoms with Crippen LogP contribution in [0.1, 0.15) is 23.9 Å². The zero-order valence-electron chi connectivity index (χ0n) is 12.2. The number of hydrogen-bond acceptors (Lipinski definition) is 2. The minimum absolute atomic E-state index is 0.498. The second-order valence-corrected chi connectivity index (χ2v) is 5.45. The van der Waals surface area contributed by atoms with E-state index < -0.39 is 0 Å². The average molecular weight is 299 g/mol. The first kappa shape index (κ1) is 14.1. The third kappa shape index (κ3) is 2.42. The van der Waals surface area contributed by atoms with Gasteiger partial charge in [-0.3, -0.25) is 4.57 Å². The van der Waals surface area contributed by atoms with Crippen molar-refractivity contribution in [3.63, 3.8) is 0 Å². The third-order valence-electron chi connectivity index (χ3n) is 3.64. The molecule has 0 bridgehead atoms. The van der Waals surface area contributed by atoms with Gasteiger partial charge in [-0.25, -0.2) is 9.97 Å². The Labute approximate surface area is 129 Å². The van der Waals surface area contributed by atoms with Crippen LogP contribution in [0.25, 0.3) is 16.9 Å². The van der Waals surface area contributed by atoms with Gasteiger partial charge in [0.1, 0.15) is 16.5 Å². The maximum atomic E-state index is 6.12. The first-order valence-electron chi connectivity index (χ1n) is 7.07. The van der Waals surface area contributed by atoms with Crippen LogP contribution in [-0.4, -0.2) is 14.5 Å². The molecule has 2 heterocycles. The van der Waals surface area contributed by atoms with Crippen LogP contribution in [0.3, 0.4) is 0 Å². The van der Waals surface area contributed by atoms with E-state index in [1.54, 1.807) is 0 Å². The van der Waals surface area contributed by atoms with Crippen molar-refractivity contribution in [1.82, 2.24) is 14.5 Å². The molecule has 3 nitrogen and oxygen atoms in total. The minimum Gasteiger partial charge on any atom is -0.281 e. The van der Waals surface area contributed by atoms with E-state index in [-0.39, 0.29) is 0 Å². The number of rotatable bonds is 3. The number of aromatic nitrogens is 3. The van der Waals surface area contributed by atoms with Crippen LogP contribution in [0.4, 0.5) is 0 Å². The van der Waals surface area contributed by atoms with Crippen molar-refractivity contribution in [3.8, 4) is 5.69 Å². The quantitative estimate of drug-likeness (QED) is 0.674. The van der Waals surface area contributed by atoms with Gasteiger partial charge >= 0.3 is 0 Å². The third-order valence-corrected chi connectivity index (χ3v) is 3.84. The molecule has 21 heavy (non-hydrogen) atoms. The summed E-state index contributed by atoms with van der Waals surface area (Å²) >= 11 is 6.12. The predicted molar refractivity (Wildman–Crippen MR) is 87.1 cm³/mol. The molecule has 0 N–H and O–H groups in total. The number of nitrogens with zero attached hydrogens (tertiary/aromatic N) is 3. The van der Waals surface area contributed by atoms with E-state index in [1.807, 2.05) is 13.0 Å². The van der Waals surface area contributed by atoms with Gasteiger partial charge in [0.15, 0.2) is 5.65 Å². The fourth-order valence-electron chi connectivity index (χ4n) is 2.53. The van der Waals surface area contributed by atoms with Crippen LogP contribution in [0.2, 0.25) is 5.15 Å². The van der Waals surface area contributed by atoms with E-state index in [1.165, 1.54) is 5.56 Å². The second-order valence-electron chi connectivity index (χ2n) is 5.07. The van der Waals surface area contributed by atoms with Crippen molar-refractivity contribution in [2.45, 2.75) is 26.7 Å². The highest BCUT2D eigenvalue weighted by molar-refractivity contribution is 6.29. The van der Waals surface area contributed by atoms with E-state index in [0.717, 1.165) is 41.1 Å². The summed E-state index contributed by atoms with van der Waals surface area (Å²) in [4.78, 5) is 9.20. The predicted octanol–water partition coefficient (Wildman–Crippen LogP) is 4.32. The lowest BCUT2D eigenvalue weighted by Crippen LogP contribution is -2.01. The van der Waals surface area contributed by atoms with Gasteiger partial charge in [0.05, 0.1) is 0 Å². The molecule has 0 amide bonds. The number of fused-ring (bicyclic) bond motifs is 1. The molecule has 0 spiro atoms. The Kier molecular flexibility index (Phi) is 3.68. The van der Waals surface area contributed by atoms with Crippen LogP contribution in [0.15, 0.2) is 30.3 Å². The van der Waals surface area contributed by atoms with Crippen molar-refractivity contribution in [1.29, 1.82) is 0 Å². The molecule has 0 saturated carbocycles. The molecule has 1 aromatic carbocycles. The van der Waals surface area contributed by atoms with Gasteiger partial charge < -0.3 is 0 Å². The fraction of sp³-hybridized carbons (Fsp3) is 0.235. The number of halogens is 1. The normalized spacial score (nSPS) is 11.2. The van der Waals surface area contributed by atoms with Crippen LogP contribution in [-0.2, 0) is 12.8 Å². The lowest BCUT2D eigenvalue weighted by molar-refractivity contribution is 0.901. The Bertz CT molecular complexity index is 788. The summed E-state index contributed by atoms with van der Waals surface area (Å²) in [6.45, 7) is 8.01. The molecule has 0 fully saturated rings. The second kappa shape index (κ2) is 5.49. The monoisotopic (exact) mass is 298 g/mol. The summed E-state index contributed by atoms with van der Waals surface area (Å²) in [6, 6.07) is 10.2. The molecule has 2 aromatic heterocycles. The molecule has 0 atom stereocenters. The molecule has 0 aliphatic carbocycles. The summed E-state index contributed by atoms with van der Waals surface area (Å²) in [6.07, 6.45) is 1.62. The smallest absolute Gasteiger partial charge is 0.166 e. The Morgan fingerprint density at radius 1 is 1.19 bits per heavy atom. The Hall–Kier alpha value is -1.87. The van der Waals surface area contributed by atoms with Gasteiger partial charge in [-0.15, -0.1) is 0 Å². The topological polar surface area (TPSA) is 30.7 Å². The molecule has 1 radical (unpaired) electrons. The number of hydrogen-bond donors (Lipinski definition) is 0. The van der Waals surface area contributed by atoms with Gasteiger partial charge in [0, 0.05) is 12.1 Å². The standard InChI is InChI=1S/C17H17ClN3/c1-4-12-6-8-13(9-7-12)21-15(5-2)20-16-11(3)10-14(18)19-17(16)21/h6-10H,1,4-5H2,2-3H3. The summed E-state index contributed by atoms with van der Waals surface area (Å²) in [5.41, 5.74) is 5.05. The molecule has 3 aromatic rings. The van der Waals surface area contributed by atoms with Gasteiger partial charge in [0.25, 0.3) is 0 Å². The number of benzene rings is 1. The summed E-state index contributed by atoms with van der Waals surface area (Å²) in [7, 11) is 0. The molecule has 0 aliphatic heterocycles. The zero-order chi connectivity index (χ0) is 15.0. The van der Waals surface area contributed by atoms with Gasteiger partial charge in [0.2, 0.25) is 0 Å². The van der Waals surface area contributed by atoms with Gasteiger partial charge in [-0.2, -0.15) is 0 Å². The lowest BCUT2D eigenvalue weighted by atomic mass is 10.1. The van der Waals surface area contributed by atoms with Gasteiger partial charge in [-0.1, -0.05) is 30.7 Å². The van der Waals surface area contributed by atoms with Crippen molar-refractivity contribution in [3.05, 3.63) is 59.4 Å². The van der Waals surface area contributed by atoms with E-state index in [2.05, 4.69) is 47.7 Å². The maximum absolute atomic E-state index is 6.12. The maximum Gasteiger partial charge on any atom is 0.166 e. The summed E-state index contributed by atoms with van der Waals surface area (Å²) in [5.74, 6) is 0.991. The molecular formula is C17H17ClN3. The highest BCUT2D eigenvalue weighted by Crippen LogP contribution is 2.25. The molecule has 0 aliphatic rings. The number of aryl methyl sites for hydroxylation is 2. The summed E-state index contributed by atoms with van der Waals surface area (Å²) in [5, 5.41) is 0.498. The minimum atomic E-state index is 0.498. The van der Waals surface area contributed by atoms with E-state index in [9.17, 15) is 0 Å². The van der Waals surface area contributed by atoms with Gasteiger partial charge in [-0.05, 0) is 49.6 Å². The van der Waals surface area contributed by atoms with Crippen LogP contribution in [0, 0.1) is 13.8 Å². The van der Waals surface area contributed by atoms with Crippen LogP contribution in [0.5, 0.6) is 0 Å². The van der Waals surface area contributed by atoms with Crippen LogP contribution < -0.4 is 0 Å². The fourth-order valence-corrected chi connectivity index (χ4v) is 2.77. The molecule has 3 rings (SSSR count). The van der Waals surface area contributed by atoms with Crippen molar-refractivity contribution in [2.75, 3.05) is 0 Å². The van der Waals surface area contributed by atoms with E-state index >= 15 is 0 Å². The molecule has 4 heteroatoms. The van der Waals surface area contributed by atoms with Crippen LogP contribution >= 0.6 is 11.6 Å². The molecule has 0 saturated heterocycles. The first-order valence-corrected chi connectivity index (χ1v) is 7.45. The molecule has 0 unspecified atom stereocenters. The van der Waals surface area contributed by atoms with E-state index in [0.29, 0.717) is 5.15 Å². The Morgan fingerprint density at radius 2 is 1.90 bits per heavy atom. The summed E-state index contributed by atoms with van der Waals surface area (Å²) < 4.78 is 2.08. The van der Waals surface area contributed by atoms with E-state index in [4.69, 9.17) is 16.6 Å². The highest BCUT2D eigenvalue weighted by atomic mass is 35.5. The lowest BCUT2D eigenvalue weighted by Gasteiger charge is -2.08. The number of pyridine rings is 1. The number of imidazole rings is 1. The largest absolute Gasteiger partial charge is 0.281 e. The first-order chi connectivity index (χ1) is 10.1. The zero-order valence-corrected chi connectivity index (χ0v) is 13.0. The molecule has 107 valence electrons. The highest BCUT2D eigenvalue weighted by Gasteiger charge is 2.15.